The van der Waals surface area contributed by atoms with Gasteiger partial charge in [0.25, 0.3) is 11.1 Å². The molecule has 0 atom stereocenters. The fourth-order valence-corrected chi connectivity index (χ4v) is 2.62. The zero-order chi connectivity index (χ0) is 15.4. The van der Waals surface area contributed by atoms with Crippen molar-refractivity contribution in [3.8, 4) is 5.75 Å². The molecule has 0 spiro atoms. The van der Waals surface area contributed by atoms with Gasteiger partial charge < -0.3 is 10.5 Å². The summed E-state index contributed by atoms with van der Waals surface area (Å²) in [7, 11) is 0. The number of rotatable bonds is 5. The first kappa shape index (κ1) is 15.5. The van der Waals surface area contributed by atoms with Crippen molar-refractivity contribution in [3.05, 3.63) is 34.7 Å². The Morgan fingerprint density at radius 2 is 2.05 bits per heavy atom. The highest BCUT2D eigenvalue weighted by molar-refractivity contribution is 8.18. The molecule has 1 heterocycles. The van der Waals surface area contributed by atoms with Crippen LogP contribution >= 0.6 is 11.8 Å². The van der Waals surface area contributed by atoms with Gasteiger partial charge in [-0.3, -0.25) is 14.5 Å². The number of para-hydroxylation sites is 1. The first-order valence-electron chi connectivity index (χ1n) is 6.02. The number of hydrogen-bond donors (Lipinski definition) is 1. The summed E-state index contributed by atoms with van der Waals surface area (Å²) in [5.74, 6) is -0.541. The first-order chi connectivity index (χ1) is 10.0. The number of amides is 2. The lowest BCUT2D eigenvalue weighted by molar-refractivity contribution is -0.122. The Bertz CT molecular complexity index is 593. The van der Waals surface area contributed by atoms with E-state index < -0.39 is 17.8 Å². The Kier molecular flexibility index (Phi) is 4.92. The van der Waals surface area contributed by atoms with Crippen LogP contribution in [0.1, 0.15) is 5.56 Å². The molecule has 1 fully saturated rings. The topological polar surface area (TPSA) is 72.6 Å². The lowest BCUT2D eigenvalue weighted by Gasteiger charge is -2.10. The predicted molar refractivity (Wildman–Crippen MR) is 74.8 cm³/mol. The van der Waals surface area contributed by atoms with Crippen molar-refractivity contribution >= 4 is 29.0 Å². The average Bonchev–Trinajstić information content (AvgIpc) is 2.69. The van der Waals surface area contributed by atoms with E-state index in [0.29, 0.717) is 5.56 Å². The van der Waals surface area contributed by atoms with Crippen molar-refractivity contribution in [1.82, 2.24) is 4.90 Å². The van der Waals surface area contributed by atoms with Crippen LogP contribution in [0.3, 0.4) is 0 Å². The van der Waals surface area contributed by atoms with Gasteiger partial charge in [-0.15, -0.1) is 0 Å². The van der Waals surface area contributed by atoms with E-state index in [0.717, 1.165) is 16.7 Å². The minimum Gasteiger partial charge on any atom is -0.434 e. The van der Waals surface area contributed by atoms with Crippen molar-refractivity contribution in [3.63, 3.8) is 0 Å². The third-order valence-electron chi connectivity index (χ3n) is 2.65. The van der Waals surface area contributed by atoms with E-state index in [1.165, 1.54) is 24.3 Å². The van der Waals surface area contributed by atoms with Crippen LogP contribution < -0.4 is 10.5 Å². The largest absolute Gasteiger partial charge is 0.434 e. The molecule has 1 aliphatic heterocycles. The first-order valence-corrected chi connectivity index (χ1v) is 6.84. The maximum Gasteiger partial charge on any atom is 0.387 e. The number of ether oxygens (including phenoxy) is 1. The molecule has 2 rings (SSSR count). The van der Waals surface area contributed by atoms with Crippen LogP contribution in [0, 0.1) is 0 Å². The van der Waals surface area contributed by atoms with E-state index in [4.69, 9.17) is 5.73 Å². The molecular formula is C13H12F2N2O3S. The van der Waals surface area contributed by atoms with Gasteiger partial charge in [-0.2, -0.15) is 8.78 Å². The second-order valence-corrected chi connectivity index (χ2v) is 5.03. The van der Waals surface area contributed by atoms with E-state index in [1.807, 2.05) is 0 Å². The number of carbonyl (C=O) groups is 2. The number of halogens is 2. The van der Waals surface area contributed by atoms with E-state index in [-0.39, 0.29) is 23.7 Å². The molecule has 8 heteroatoms. The SMILES string of the molecule is NCCN1C(=O)S/C(=C\c2ccccc2OC(F)F)C1=O. The number of nitrogens with zero attached hydrogens (tertiary/aromatic N) is 1. The minimum absolute atomic E-state index is 0.0573. The van der Waals surface area contributed by atoms with Crippen molar-refractivity contribution < 1.29 is 23.1 Å². The summed E-state index contributed by atoms with van der Waals surface area (Å²) in [5.41, 5.74) is 5.63. The number of hydrogen-bond acceptors (Lipinski definition) is 5. The molecule has 0 aromatic heterocycles. The molecule has 2 amide bonds. The Morgan fingerprint density at radius 1 is 1.33 bits per heavy atom. The summed E-state index contributed by atoms with van der Waals surface area (Å²) in [5, 5.41) is -0.427. The molecule has 0 unspecified atom stereocenters. The molecule has 112 valence electrons. The summed E-state index contributed by atoms with van der Waals surface area (Å²) in [6, 6.07) is 6.04. The number of nitrogens with two attached hydrogens (primary N) is 1. The molecule has 21 heavy (non-hydrogen) atoms. The van der Waals surface area contributed by atoms with Crippen molar-refractivity contribution in [2.45, 2.75) is 6.61 Å². The fraction of sp³-hybridized carbons (Fsp3) is 0.231. The molecule has 2 N–H and O–H groups in total. The molecule has 0 aliphatic carbocycles. The van der Waals surface area contributed by atoms with E-state index in [1.54, 1.807) is 6.07 Å². The van der Waals surface area contributed by atoms with Gasteiger partial charge in [0.2, 0.25) is 0 Å². The summed E-state index contributed by atoms with van der Waals surface area (Å²) >= 11 is 0.744. The minimum atomic E-state index is -2.97. The number of benzene rings is 1. The summed E-state index contributed by atoms with van der Waals surface area (Å²) < 4.78 is 29.0. The molecule has 0 radical (unpaired) electrons. The molecular weight excluding hydrogens is 302 g/mol. The van der Waals surface area contributed by atoms with E-state index >= 15 is 0 Å². The highest BCUT2D eigenvalue weighted by Gasteiger charge is 2.34. The molecule has 5 nitrogen and oxygen atoms in total. The van der Waals surface area contributed by atoms with Crippen LogP contribution in [0.15, 0.2) is 29.2 Å². The zero-order valence-electron chi connectivity index (χ0n) is 10.8. The molecule has 1 saturated heterocycles. The lowest BCUT2D eigenvalue weighted by Crippen LogP contribution is -2.33. The van der Waals surface area contributed by atoms with Gasteiger partial charge in [-0.05, 0) is 23.9 Å². The Hall–Kier alpha value is -1.93. The molecule has 0 bridgehead atoms. The average molecular weight is 314 g/mol. The van der Waals surface area contributed by atoms with E-state index in [2.05, 4.69) is 4.74 Å². The number of alkyl halides is 2. The number of imide groups is 1. The molecule has 1 aromatic carbocycles. The number of thioether (sulfide) groups is 1. The lowest BCUT2D eigenvalue weighted by atomic mass is 10.2. The Labute approximate surface area is 123 Å². The highest BCUT2D eigenvalue weighted by atomic mass is 32.2. The Morgan fingerprint density at radius 3 is 2.71 bits per heavy atom. The van der Waals surface area contributed by atoms with Crippen LogP contribution in [0.2, 0.25) is 0 Å². The van der Waals surface area contributed by atoms with Crippen LogP contribution in [0.25, 0.3) is 6.08 Å². The normalized spacial score (nSPS) is 17.1. The van der Waals surface area contributed by atoms with E-state index in [9.17, 15) is 18.4 Å². The maximum absolute atomic E-state index is 12.3. The second kappa shape index (κ2) is 6.68. The van der Waals surface area contributed by atoms with Crippen LogP contribution in [0.5, 0.6) is 5.75 Å². The predicted octanol–water partition coefficient (Wildman–Crippen LogP) is 2.28. The van der Waals surface area contributed by atoms with Crippen molar-refractivity contribution in [2.24, 2.45) is 5.73 Å². The number of carbonyl (C=O) groups excluding carboxylic acids is 2. The summed E-state index contributed by atoms with van der Waals surface area (Å²) in [6.07, 6.45) is 1.36. The van der Waals surface area contributed by atoms with Crippen LogP contribution in [0.4, 0.5) is 13.6 Å². The maximum atomic E-state index is 12.3. The standard InChI is InChI=1S/C13H12F2N2O3S/c14-12(15)20-9-4-2-1-3-8(9)7-10-11(18)17(6-5-16)13(19)21-10/h1-4,7,12H,5-6,16H2/b10-7-. The van der Waals surface area contributed by atoms with Gasteiger partial charge in [0.05, 0.1) is 4.91 Å². The van der Waals surface area contributed by atoms with Gasteiger partial charge in [0, 0.05) is 18.7 Å². The van der Waals surface area contributed by atoms with Gasteiger partial charge in [0.15, 0.2) is 0 Å². The zero-order valence-corrected chi connectivity index (χ0v) is 11.6. The molecule has 1 aromatic rings. The highest BCUT2D eigenvalue weighted by Crippen LogP contribution is 2.33. The fourth-order valence-electron chi connectivity index (χ4n) is 1.77. The smallest absolute Gasteiger partial charge is 0.387 e. The van der Waals surface area contributed by atoms with Crippen LogP contribution in [-0.4, -0.2) is 35.7 Å². The summed E-state index contributed by atoms with van der Waals surface area (Å²) in [4.78, 5) is 24.8. The third-order valence-corrected chi connectivity index (χ3v) is 3.56. The quantitative estimate of drug-likeness (QED) is 0.844. The van der Waals surface area contributed by atoms with Crippen LogP contribution in [-0.2, 0) is 4.79 Å². The Balaban J connectivity index is 2.28. The monoisotopic (exact) mass is 314 g/mol. The molecule has 0 saturated carbocycles. The third kappa shape index (κ3) is 3.59. The van der Waals surface area contributed by atoms with Gasteiger partial charge in [0.1, 0.15) is 5.75 Å². The van der Waals surface area contributed by atoms with Gasteiger partial charge in [-0.25, -0.2) is 0 Å². The van der Waals surface area contributed by atoms with Gasteiger partial charge in [-0.1, -0.05) is 18.2 Å². The second-order valence-electron chi connectivity index (χ2n) is 4.04. The van der Waals surface area contributed by atoms with Crippen molar-refractivity contribution in [2.75, 3.05) is 13.1 Å². The molecule has 1 aliphatic rings. The summed E-state index contributed by atoms with van der Waals surface area (Å²) in [6.45, 7) is -2.68. The van der Waals surface area contributed by atoms with Gasteiger partial charge >= 0.3 is 6.61 Å². The van der Waals surface area contributed by atoms with Crippen molar-refractivity contribution in [1.29, 1.82) is 0 Å².